The monoisotopic (exact) mass is 470 g/mol. The Morgan fingerprint density at radius 3 is 2.53 bits per heavy atom. The van der Waals surface area contributed by atoms with Crippen LogP contribution < -0.4 is 14.8 Å². The molecule has 8 heteroatoms. The Hall–Kier alpha value is -4.17. The first-order valence-electron chi connectivity index (χ1n) is 10.7. The highest BCUT2D eigenvalue weighted by Gasteiger charge is 2.11. The number of ether oxygens (including phenoxy) is 2. The van der Waals surface area contributed by atoms with E-state index in [0.29, 0.717) is 17.1 Å². The largest absolute Gasteiger partial charge is 0.497 e. The highest BCUT2D eigenvalue weighted by molar-refractivity contribution is 7.21. The Kier molecular flexibility index (Phi) is 5.97. The zero-order valence-electron chi connectivity index (χ0n) is 18.7. The predicted molar refractivity (Wildman–Crippen MR) is 134 cm³/mol. The van der Waals surface area contributed by atoms with Gasteiger partial charge in [0.1, 0.15) is 16.5 Å². The number of benzene rings is 3. The zero-order valence-corrected chi connectivity index (χ0v) is 19.5. The molecule has 1 amide bonds. The molecule has 0 saturated carbocycles. The van der Waals surface area contributed by atoms with Gasteiger partial charge in [0.2, 0.25) is 0 Å². The Labute approximate surface area is 200 Å². The summed E-state index contributed by atoms with van der Waals surface area (Å²) in [7, 11) is 1.61. The van der Waals surface area contributed by atoms with Crippen LogP contribution in [0.25, 0.3) is 20.8 Å². The fourth-order valence-corrected chi connectivity index (χ4v) is 4.48. The summed E-state index contributed by atoms with van der Waals surface area (Å²) in [6, 6.07) is 22.8. The maximum atomic E-state index is 12.6. The number of anilines is 1. The summed E-state index contributed by atoms with van der Waals surface area (Å²) in [6.07, 6.45) is 1.70. The minimum atomic E-state index is -0.286. The number of carbonyl (C=O) groups excluding carboxylic acids is 1. The molecule has 0 fully saturated rings. The quantitative estimate of drug-likeness (QED) is 0.327. The van der Waals surface area contributed by atoms with Crippen molar-refractivity contribution in [2.24, 2.45) is 0 Å². The molecule has 0 spiro atoms. The van der Waals surface area contributed by atoms with Crippen molar-refractivity contribution in [1.82, 2.24) is 14.8 Å². The molecule has 2 aromatic heterocycles. The van der Waals surface area contributed by atoms with E-state index in [1.165, 1.54) is 10.3 Å². The molecule has 170 valence electrons. The van der Waals surface area contributed by atoms with Crippen LogP contribution in [-0.4, -0.2) is 27.8 Å². The summed E-state index contributed by atoms with van der Waals surface area (Å²) < 4.78 is 13.6. The van der Waals surface area contributed by atoms with Crippen molar-refractivity contribution in [3.8, 4) is 22.1 Å². The highest BCUT2D eigenvalue weighted by Crippen LogP contribution is 2.31. The molecule has 3 aromatic carbocycles. The molecular weight excluding hydrogens is 448 g/mol. The molecular formula is C26H22N4O3S. The van der Waals surface area contributed by atoms with Gasteiger partial charge < -0.3 is 14.8 Å². The van der Waals surface area contributed by atoms with E-state index in [9.17, 15) is 4.79 Å². The van der Waals surface area contributed by atoms with Crippen molar-refractivity contribution in [2.75, 3.05) is 12.4 Å². The van der Waals surface area contributed by atoms with Crippen LogP contribution in [0.15, 0.2) is 79.0 Å². The first-order chi connectivity index (χ1) is 16.6. The van der Waals surface area contributed by atoms with Crippen molar-refractivity contribution < 1.29 is 14.3 Å². The van der Waals surface area contributed by atoms with Crippen molar-refractivity contribution in [3.05, 3.63) is 90.3 Å². The van der Waals surface area contributed by atoms with E-state index in [-0.39, 0.29) is 12.6 Å². The van der Waals surface area contributed by atoms with E-state index in [2.05, 4.69) is 29.5 Å². The molecule has 0 aliphatic rings. The highest BCUT2D eigenvalue weighted by atomic mass is 32.1. The summed E-state index contributed by atoms with van der Waals surface area (Å²) in [5, 5.41) is 8.14. The minimum Gasteiger partial charge on any atom is -0.497 e. The van der Waals surface area contributed by atoms with E-state index >= 15 is 0 Å². The second kappa shape index (κ2) is 9.36. The third kappa shape index (κ3) is 4.77. The van der Waals surface area contributed by atoms with Gasteiger partial charge in [0.15, 0.2) is 12.4 Å². The lowest BCUT2D eigenvalue weighted by Crippen LogP contribution is -2.14. The lowest BCUT2D eigenvalue weighted by molar-refractivity contribution is 0.102. The molecule has 0 bridgehead atoms. The van der Waals surface area contributed by atoms with E-state index in [1.807, 2.05) is 54.6 Å². The topological polar surface area (TPSA) is 78.3 Å². The van der Waals surface area contributed by atoms with Crippen LogP contribution >= 0.6 is 11.3 Å². The third-order valence-corrected chi connectivity index (χ3v) is 6.30. The number of fused-ring (bicyclic) bond motifs is 1. The first-order valence-corrected chi connectivity index (χ1v) is 11.5. The average Bonchev–Trinajstić information content (AvgIpc) is 3.50. The Balaban J connectivity index is 1.20. The maximum absolute atomic E-state index is 12.6. The molecule has 7 nitrogen and oxygen atoms in total. The number of amides is 1. The van der Waals surface area contributed by atoms with E-state index in [0.717, 1.165) is 21.8 Å². The molecule has 5 aromatic rings. The number of aromatic nitrogens is 3. The van der Waals surface area contributed by atoms with Gasteiger partial charge in [0.25, 0.3) is 5.91 Å². The average molecular weight is 471 g/mol. The van der Waals surface area contributed by atoms with Gasteiger partial charge in [-0.25, -0.2) is 9.67 Å². The van der Waals surface area contributed by atoms with Gasteiger partial charge in [-0.05, 0) is 79.2 Å². The van der Waals surface area contributed by atoms with Crippen molar-refractivity contribution in [3.63, 3.8) is 0 Å². The molecule has 0 aliphatic carbocycles. The molecule has 0 unspecified atom stereocenters. The second-order valence-electron chi connectivity index (χ2n) is 7.71. The molecule has 0 atom stereocenters. The molecule has 0 radical (unpaired) electrons. The summed E-state index contributed by atoms with van der Waals surface area (Å²) in [5.41, 5.74) is 4.22. The number of thiazole rings is 1. The van der Waals surface area contributed by atoms with Gasteiger partial charge in [-0.3, -0.25) is 4.79 Å². The summed E-state index contributed by atoms with van der Waals surface area (Å²) in [5.74, 6) is 1.16. The molecule has 2 heterocycles. The van der Waals surface area contributed by atoms with Crippen LogP contribution in [0.3, 0.4) is 0 Å². The van der Waals surface area contributed by atoms with Gasteiger partial charge in [0.05, 0.1) is 17.3 Å². The smallest absolute Gasteiger partial charge is 0.276 e. The first kappa shape index (κ1) is 21.7. The molecule has 0 saturated heterocycles. The summed E-state index contributed by atoms with van der Waals surface area (Å²) >= 11 is 1.66. The molecule has 34 heavy (non-hydrogen) atoms. The maximum Gasteiger partial charge on any atom is 0.276 e. The summed E-state index contributed by atoms with van der Waals surface area (Å²) in [6.45, 7) is 2.27. The van der Waals surface area contributed by atoms with Crippen LogP contribution in [0, 0.1) is 6.92 Å². The Morgan fingerprint density at radius 2 is 1.76 bits per heavy atom. The van der Waals surface area contributed by atoms with Gasteiger partial charge in [-0.1, -0.05) is 6.07 Å². The Morgan fingerprint density at radius 1 is 1.00 bits per heavy atom. The van der Waals surface area contributed by atoms with Gasteiger partial charge in [-0.15, -0.1) is 11.3 Å². The van der Waals surface area contributed by atoms with Crippen LogP contribution in [0.1, 0.15) is 16.1 Å². The molecule has 5 rings (SSSR count). The number of nitrogens with one attached hydrogen (secondary N) is 1. The number of methoxy groups -OCH3 is 1. The van der Waals surface area contributed by atoms with E-state index in [4.69, 9.17) is 14.5 Å². The predicted octanol–water partition coefficient (Wildman–Crippen LogP) is 5.77. The van der Waals surface area contributed by atoms with Gasteiger partial charge in [0, 0.05) is 17.4 Å². The number of hydrogen-bond donors (Lipinski definition) is 1. The van der Waals surface area contributed by atoms with E-state index < -0.39 is 0 Å². The lowest BCUT2D eigenvalue weighted by Gasteiger charge is -2.07. The standard InChI is InChI=1S/C26H22N4O3S/c1-17-3-12-22-24(15-17)34-26(28-22)18-4-6-19(7-5-18)27-25(31)23-13-14-30(29-23)16-33-21-10-8-20(32-2)9-11-21/h3-15H,16H2,1-2H3,(H,27,31). The number of hydrogen-bond acceptors (Lipinski definition) is 6. The Bertz CT molecular complexity index is 1440. The van der Waals surface area contributed by atoms with Crippen LogP contribution in [-0.2, 0) is 6.73 Å². The number of rotatable bonds is 7. The van der Waals surface area contributed by atoms with Crippen LogP contribution in [0.2, 0.25) is 0 Å². The SMILES string of the molecule is COc1ccc(OCn2ccc(C(=O)Nc3ccc(-c4nc5ccc(C)cc5s4)cc3)n2)cc1. The van der Waals surface area contributed by atoms with Crippen LogP contribution in [0.4, 0.5) is 5.69 Å². The number of carbonyl (C=O) groups is 1. The lowest BCUT2D eigenvalue weighted by atomic mass is 10.2. The van der Waals surface area contributed by atoms with Crippen molar-refractivity contribution in [2.45, 2.75) is 13.7 Å². The second-order valence-corrected chi connectivity index (χ2v) is 8.74. The summed E-state index contributed by atoms with van der Waals surface area (Å²) in [4.78, 5) is 17.3. The fraction of sp³-hybridized carbons (Fsp3) is 0.115. The minimum absolute atomic E-state index is 0.190. The normalized spacial score (nSPS) is 10.9. The van der Waals surface area contributed by atoms with Gasteiger partial charge >= 0.3 is 0 Å². The third-order valence-electron chi connectivity index (χ3n) is 5.23. The van der Waals surface area contributed by atoms with Crippen molar-refractivity contribution in [1.29, 1.82) is 0 Å². The molecule has 0 aliphatic heterocycles. The fourth-order valence-electron chi connectivity index (χ4n) is 3.41. The van der Waals surface area contributed by atoms with Crippen LogP contribution in [0.5, 0.6) is 11.5 Å². The molecule has 1 N–H and O–H groups in total. The number of aryl methyl sites for hydroxylation is 1. The zero-order chi connectivity index (χ0) is 23.5. The van der Waals surface area contributed by atoms with E-state index in [1.54, 1.807) is 35.4 Å². The van der Waals surface area contributed by atoms with Crippen molar-refractivity contribution >= 4 is 33.1 Å². The van der Waals surface area contributed by atoms with Gasteiger partial charge in [-0.2, -0.15) is 5.10 Å². The number of nitrogens with zero attached hydrogens (tertiary/aromatic N) is 3.